The molecular formula is C18H17N2O2+. The number of quaternary nitrogens is 1. The first-order valence-electron chi connectivity index (χ1n) is 7.05. The van der Waals surface area contributed by atoms with Crippen LogP contribution in [0, 0.1) is 0 Å². The normalized spacial score (nSPS) is 11.5. The molecule has 2 aromatic heterocycles. The predicted octanol–water partition coefficient (Wildman–Crippen LogP) is 2.90. The second-order valence-corrected chi connectivity index (χ2v) is 5.65. The lowest BCUT2D eigenvalue weighted by molar-refractivity contribution is -0.136. The minimum atomic E-state index is -0.485. The van der Waals surface area contributed by atoms with Gasteiger partial charge < -0.3 is 0 Å². The molecule has 0 spiro atoms. The largest absolute Gasteiger partial charge is 0.384 e. The number of rotatable bonds is 3. The van der Waals surface area contributed by atoms with Crippen LogP contribution in [-0.4, -0.2) is 30.7 Å². The van der Waals surface area contributed by atoms with Crippen molar-refractivity contribution in [2.45, 2.75) is 0 Å². The SMILES string of the molecule is C[N+](C)(C(=O)C=O)c1c(-c2ccccc2)cc2ccccn12. The molecular weight excluding hydrogens is 276 g/mol. The highest BCUT2D eigenvalue weighted by molar-refractivity contribution is 6.28. The number of hydrogen-bond donors (Lipinski definition) is 0. The van der Waals surface area contributed by atoms with Gasteiger partial charge in [0.2, 0.25) is 12.1 Å². The molecule has 4 nitrogen and oxygen atoms in total. The highest BCUT2D eigenvalue weighted by atomic mass is 16.2. The maximum absolute atomic E-state index is 12.2. The maximum Gasteiger partial charge on any atom is 0.384 e. The Kier molecular flexibility index (Phi) is 3.39. The molecule has 0 aliphatic rings. The number of aldehydes is 1. The van der Waals surface area contributed by atoms with Gasteiger partial charge in [-0.15, -0.1) is 0 Å². The van der Waals surface area contributed by atoms with Crippen LogP contribution in [0.4, 0.5) is 5.82 Å². The van der Waals surface area contributed by atoms with Gasteiger partial charge in [-0.25, -0.2) is 9.28 Å². The van der Waals surface area contributed by atoms with Crippen LogP contribution in [0.2, 0.25) is 0 Å². The van der Waals surface area contributed by atoms with Crippen molar-refractivity contribution < 1.29 is 9.59 Å². The standard InChI is InChI=1S/C18H17N2O2/c1-20(2,17(22)13-21)18-16(14-8-4-3-5-9-14)12-15-10-6-7-11-19(15)18/h3-13H,1-2H3/q+1. The van der Waals surface area contributed by atoms with Crippen molar-refractivity contribution in [3.05, 3.63) is 60.8 Å². The summed E-state index contributed by atoms with van der Waals surface area (Å²) in [6.07, 6.45) is 2.30. The molecule has 110 valence electrons. The molecule has 4 heteroatoms. The summed E-state index contributed by atoms with van der Waals surface area (Å²) >= 11 is 0. The number of carbonyl (C=O) groups is 2. The topological polar surface area (TPSA) is 38.5 Å². The van der Waals surface area contributed by atoms with E-state index in [-0.39, 0.29) is 4.48 Å². The summed E-state index contributed by atoms with van der Waals surface area (Å²) in [6, 6.07) is 17.8. The fourth-order valence-electron chi connectivity index (χ4n) is 2.75. The van der Waals surface area contributed by atoms with Gasteiger partial charge in [-0.2, -0.15) is 0 Å². The molecule has 1 aromatic carbocycles. The van der Waals surface area contributed by atoms with Crippen LogP contribution in [-0.2, 0) is 9.59 Å². The molecule has 3 aromatic rings. The van der Waals surface area contributed by atoms with E-state index < -0.39 is 5.91 Å². The number of likely N-dealkylation sites (N-methyl/N-ethyl adjacent to an activating group) is 1. The minimum Gasteiger partial charge on any atom is -0.288 e. The Morgan fingerprint density at radius 2 is 1.73 bits per heavy atom. The van der Waals surface area contributed by atoms with Gasteiger partial charge >= 0.3 is 5.91 Å². The summed E-state index contributed by atoms with van der Waals surface area (Å²) in [7, 11) is 3.47. The molecule has 1 amide bonds. The van der Waals surface area contributed by atoms with Gasteiger partial charge in [0.1, 0.15) is 0 Å². The fourth-order valence-corrected chi connectivity index (χ4v) is 2.75. The van der Waals surface area contributed by atoms with Crippen LogP contribution in [0.25, 0.3) is 16.6 Å². The van der Waals surface area contributed by atoms with Crippen LogP contribution in [0.5, 0.6) is 0 Å². The number of pyridine rings is 1. The number of benzene rings is 1. The molecule has 0 N–H and O–H groups in total. The quantitative estimate of drug-likeness (QED) is 0.423. The minimum absolute atomic E-state index is 0.133. The number of hydrogen-bond acceptors (Lipinski definition) is 2. The Hall–Kier alpha value is -2.72. The van der Waals surface area contributed by atoms with E-state index in [0.29, 0.717) is 6.29 Å². The van der Waals surface area contributed by atoms with Gasteiger partial charge in [0.05, 0.1) is 25.2 Å². The van der Waals surface area contributed by atoms with Crippen LogP contribution < -0.4 is 4.48 Å². The van der Waals surface area contributed by atoms with E-state index >= 15 is 0 Å². The summed E-state index contributed by atoms with van der Waals surface area (Å²) in [5.74, 6) is 0.292. The molecule has 0 fully saturated rings. The van der Waals surface area contributed by atoms with E-state index in [1.807, 2.05) is 65.2 Å². The number of nitrogens with zero attached hydrogens (tertiary/aromatic N) is 2. The second kappa shape index (κ2) is 5.24. The van der Waals surface area contributed by atoms with Crippen molar-refractivity contribution >= 4 is 23.5 Å². The summed E-state index contributed by atoms with van der Waals surface area (Å²) < 4.78 is 1.83. The van der Waals surface area contributed by atoms with E-state index in [4.69, 9.17) is 0 Å². The highest BCUT2D eigenvalue weighted by Crippen LogP contribution is 2.36. The van der Waals surface area contributed by atoms with Crippen molar-refractivity contribution in [1.29, 1.82) is 0 Å². The number of amides is 1. The molecule has 2 heterocycles. The third-order valence-corrected chi connectivity index (χ3v) is 3.92. The Labute approximate surface area is 128 Å². The zero-order valence-corrected chi connectivity index (χ0v) is 12.6. The Balaban J connectivity index is 2.36. The van der Waals surface area contributed by atoms with Gasteiger partial charge in [-0.3, -0.25) is 9.20 Å². The van der Waals surface area contributed by atoms with Crippen LogP contribution >= 0.6 is 0 Å². The highest BCUT2D eigenvalue weighted by Gasteiger charge is 2.35. The van der Waals surface area contributed by atoms with E-state index in [9.17, 15) is 9.59 Å². The van der Waals surface area contributed by atoms with Gasteiger partial charge in [0, 0.05) is 6.20 Å². The zero-order chi connectivity index (χ0) is 15.7. The smallest absolute Gasteiger partial charge is 0.288 e. The molecule has 0 aliphatic carbocycles. The van der Waals surface area contributed by atoms with Crippen molar-refractivity contribution in [3.63, 3.8) is 0 Å². The van der Waals surface area contributed by atoms with E-state index in [2.05, 4.69) is 0 Å². The molecule has 22 heavy (non-hydrogen) atoms. The summed E-state index contributed by atoms with van der Waals surface area (Å²) in [4.78, 5) is 23.2. The monoisotopic (exact) mass is 293 g/mol. The third kappa shape index (κ3) is 2.14. The fraction of sp³-hybridized carbons (Fsp3) is 0.111. The van der Waals surface area contributed by atoms with Crippen LogP contribution in [0.3, 0.4) is 0 Å². The van der Waals surface area contributed by atoms with Crippen molar-refractivity contribution in [2.24, 2.45) is 0 Å². The summed E-state index contributed by atoms with van der Waals surface area (Å²) in [5, 5.41) is 0. The third-order valence-electron chi connectivity index (χ3n) is 3.92. The number of fused-ring (bicyclic) bond motifs is 1. The summed E-state index contributed by atoms with van der Waals surface area (Å²) in [6.45, 7) is 0. The predicted molar refractivity (Wildman–Crippen MR) is 87.5 cm³/mol. The molecule has 3 rings (SSSR count). The molecule has 0 radical (unpaired) electrons. The zero-order valence-electron chi connectivity index (χ0n) is 12.6. The molecule has 0 unspecified atom stereocenters. The first-order chi connectivity index (χ1) is 10.6. The average molecular weight is 293 g/mol. The molecule has 0 atom stereocenters. The van der Waals surface area contributed by atoms with Crippen molar-refractivity contribution in [2.75, 3.05) is 14.1 Å². The van der Waals surface area contributed by atoms with Crippen molar-refractivity contribution in [1.82, 2.24) is 8.88 Å². The lowest BCUT2D eigenvalue weighted by Crippen LogP contribution is -2.48. The molecule has 0 saturated heterocycles. The van der Waals surface area contributed by atoms with E-state index in [1.54, 1.807) is 14.1 Å². The Morgan fingerprint density at radius 3 is 2.41 bits per heavy atom. The van der Waals surface area contributed by atoms with Crippen LogP contribution in [0.1, 0.15) is 0 Å². The Bertz CT molecular complexity index is 848. The van der Waals surface area contributed by atoms with Gasteiger partial charge in [0.15, 0.2) is 0 Å². The lowest BCUT2D eigenvalue weighted by atomic mass is 10.1. The first kappa shape index (κ1) is 14.2. The lowest BCUT2D eigenvalue weighted by Gasteiger charge is -2.25. The van der Waals surface area contributed by atoms with Crippen molar-refractivity contribution in [3.8, 4) is 11.1 Å². The molecule has 0 aliphatic heterocycles. The number of aromatic nitrogens is 1. The number of carbonyl (C=O) groups excluding carboxylic acids is 2. The van der Waals surface area contributed by atoms with Crippen LogP contribution in [0.15, 0.2) is 60.8 Å². The van der Waals surface area contributed by atoms with Gasteiger partial charge in [0.25, 0.3) is 0 Å². The maximum atomic E-state index is 12.2. The average Bonchev–Trinajstić information content (AvgIpc) is 2.95. The Morgan fingerprint density at radius 1 is 1.05 bits per heavy atom. The molecule has 0 bridgehead atoms. The summed E-state index contributed by atoms with van der Waals surface area (Å²) in [5.41, 5.74) is 2.96. The first-order valence-corrected chi connectivity index (χ1v) is 7.05. The van der Waals surface area contributed by atoms with E-state index in [1.165, 1.54) is 0 Å². The second-order valence-electron chi connectivity index (χ2n) is 5.65. The van der Waals surface area contributed by atoms with Gasteiger partial charge in [-0.1, -0.05) is 36.4 Å². The van der Waals surface area contributed by atoms with E-state index in [0.717, 1.165) is 22.5 Å². The van der Waals surface area contributed by atoms with Gasteiger partial charge in [-0.05, 0) is 23.8 Å². The molecule has 0 saturated carbocycles.